The molecule has 0 aliphatic carbocycles. The standard InChI is InChI=1S/C14H18FN3/c1-3-5-16-10-13-4-6-18(17-13)14-8-11(2)7-12(15)9-14/h4,6-9,16H,3,5,10H2,1-2H3. The van der Waals surface area contributed by atoms with Crippen molar-refractivity contribution in [3.8, 4) is 5.69 Å². The van der Waals surface area contributed by atoms with Gasteiger partial charge in [-0.3, -0.25) is 0 Å². The van der Waals surface area contributed by atoms with Gasteiger partial charge in [-0.25, -0.2) is 9.07 Å². The van der Waals surface area contributed by atoms with Crippen LogP contribution >= 0.6 is 0 Å². The highest BCUT2D eigenvalue weighted by atomic mass is 19.1. The molecule has 0 saturated heterocycles. The van der Waals surface area contributed by atoms with Gasteiger partial charge in [0.15, 0.2) is 0 Å². The Bertz CT molecular complexity index is 499. The van der Waals surface area contributed by atoms with Crippen molar-refractivity contribution in [2.45, 2.75) is 26.8 Å². The van der Waals surface area contributed by atoms with Gasteiger partial charge in [0.2, 0.25) is 0 Å². The van der Waals surface area contributed by atoms with Crippen LogP contribution in [0, 0.1) is 12.7 Å². The zero-order valence-electron chi connectivity index (χ0n) is 10.8. The van der Waals surface area contributed by atoms with Crippen molar-refractivity contribution in [2.24, 2.45) is 0 Å². The van der Waals surface area contributed by atoms with Crippen LogP contribution in [0.1, 0.15) is 24.6 Å². The van der Waals surface area contributed by atoms with Crippen LogP contribution in [0.3, 0.4) is 0 Å². The van der Waals surface area contributed by atoms with E-state index in [1.807, 2.05) is 25.3 Å². The summed E-state index contributed by atoms with van der Waals surface area (Å²) in [7, 11) is 0. The maximum absolute atomic E-state index is 13.3. The third-order valence-electron chi connectivity index (χ3n) is 2.67. The molecular weight excluding hydrogens is 229 g/mol. The van der Waals surface area contributed by atoms with Crippen LogP contribution in [0.5, 0.6) is 0 Å². The quantitative estimate of drug-likeness (QED) is 0.823. The van der Waals surface area contributed by atoms with Crippen molar-refractivity contribution < 1.29 is 4.39 Å². The maximum Gasteiger partial charge on any atom is 0.125 e. The van der Waals surface area contributed by atoms with Gasteiger partial charge in [-0.15, -0.1) is 0 Å². The van der Waals surface area contributed by atoms with Gasteiger partial charge in [0.05, 0.1) is 11.4 Å². The SMILES string of the molecule is CCCNCc1ccn(-c2cc(C)cc(F)c2)n1. The molecule has 0 amide bonds. The number of aryl methyl sites for hydroxylation is 1. The fourth-order valence-electron chi connectivity index (χ4n) is 1.84. The predicted octanol–water partition coefficient (Wildman–Crippen LogP) is 2.82. The molecule has 1 aromatic heterocycles. The summed E-state index contributed by atoms with van der Waals surface area (Å²) in [5, 5.41) is 7.71. The zero-order chi connectivity index (χ0) is 13.0. The normalized spacial score (nSPS) is 10.8. The Labute approximate surface area is 107 Å². The van der Waals surface area contributed by atoms with E-state index in [1.54, 1.807) is 4.68 Å². The molecule has 96 valence electrons. The molecule has 1 aromatic carbocycles. The third-order valence-corrected chi connectivity index (χ3v) is 2.67. The molecule has 0 radical (unpaired) electrons. The summed E-state index contributed by atoms with van der Waals surface area (Å²) >= 11 is 0. The first-order valence-electron chi connectivity index (χ1n) is 6.22. The molecular formula is C14H18FN3. The number of rotatable bonds is 5. The molecule has 0 bridgehead atoms. The Morgan fingerprint density at radius 2 is 2.17 bits per heavy atom. The summed E-state index contributed by atoms with van der Waals surface area (Å²) in [6.07, 6.45) is 2.96. The number of nitrogens with one attached hydrogen (secondary N) is 1. The van der Waals surface area contributed by atoms with Gasteiger partial charge < -0.3 is 5.32 Å². The van der Waals surface area contributed by atoms with E-state index in [0.717, 1.165) is 36.5 Å². The van der Waals surface area contributed by atoms with Crippen molar-refractivity contribution >= 4 is 0 Å². The van der Waals surface area contributed by atoms with Crippen LogP contribution in [0.4, 0.5) is 4.39 Å². The Morgan fingerprint density at radius 1 is 1.33 bits per heavy atom. The number of hydrogen-bond acceptors (Lipinski definition) is 2. The molecule has 18 heavy (non-hydrogen) atoms. The van der Waals surface area contributed by atoms with E-state index in [4.69, 9.17) is 0 Å². The fourth-order valence-corrected chi connectivity index (χ4v) is 1.84. The first kappa shape index (κ1) is 12.8. The second kappa shape index (κ2) is 5.78. The molecule has 2 aromatic rings. The zero-order valence-corrected chi connectivity index (χ0v) is 10.8. The van der Waals surface area contributed by atoms with E-state index >= 15 is 0 Å². The smallest absolute Gasteiger partial charge is 0.125 e. The lowest BCUT2D eigenvalue weighted by molar-refractivity contribution is 0.623. The van der Waals surface area contributed by atoms with Crippen LogP contribution in [0.15, 0.2) is 30.5 Å². The second-order valence-corrected chi connectivity index (χ2v) is 4.42. The van der Waals surface area contributed by atoms with Crippen LogP contribution < -0.4 is 5.32 Å². The summed E-state index contributed by atoms with van der Waals surface area (Å²) in [4.78, 5) is 0. The molecule has 0 spiro atoms. The fraction of sp³-hybridized carbons (Fsp3) is 0.357. The lowest BCUT2D eigenvalue weighted by Gasteiger charge is -2.03. The van der Waals surface area contributed by atoms with Gasteiger partial charge in [-0.05, 0) is 49.7 Å². The Kier molecular flexibility index (Phi) is 4.10. The highest BCUT2D eigenvalue weighted by molar-refractivity contribution is 5.35. The topological polar surface area (TPSA) is 29.9 Å². The van der Waals surface area contributed by atoms with Crippen LogP contribution in [-0.4, -0.2) is 16.3 Å². The molecule has 0 aliphatic heterocycles. The maximum atomic E-state index is 13.3. The van der Waals surface area contributed by atoms with E-state index in [1.165, 1.54) is 12.1 Å². The van der Waals surface area contributed by atoms with Crippen molar-refractivity contribution in [3.05, 3.63) is 47.5 Å². The molecule has 4 heteroatoms. The highest BCUT2D eigenvalue weighted by Gasteiger charge is 2.03. The lowest BCUT2D eigenvalue weighted by Crippen LogP contribution is -2.14. The molecule has 3 nitrogen and oxygen atoms in total. The van der Waals surface area contributed by atoms with E-state index in [9.17, 15) is 4.39 Å². The molecule has 0 aliphatic rings. The molecule has 1 heterocycles. The second-order valence-electron chi connectivity index (χ2n) is 4.42. The predicted molar refractivity (Wildman–Crippen MR) is 70.3 cm³/mol. The Hall–Kier alpha value is -1.68. The van der Waals surface area contributed by atoms with Crippen molar-refractivity contribution in [1.82, 2.24) is 15.1 Å². The van der Waals surface area contributed by atoms with Gasteiger partial charge in [0, 0.05) is 12.7 Å². The van der Waals surface area contributed by atoms with Crippen LogP contribution in [0.25, 0.3) is 5.69 Å². The first-order valence-corrected chi connectivity index (χ1v) is 6.22. The van der Waals surface area contributed by atoms with Crippen molar-refractivity contribution in [1.29, 1.82) is 0 Å². The van der Waals surface area contributed by atoms with Crippen LogP contribution in [0.2, 0.25) is 0 Å². The van der Waals surface area contributed by atoms with Gasteiger partial charge in [0.25, 0.3) is 0 Å². The minimum absolute atomic E-state index is 0.230. The van der Waals surface area contributed by atoms with Crippen molar-refractivity contribution in [3.63, 3.8) is 0 Å². The van der Waals surface area contributed by atoms with Crippen molar-refractivity contribution in [2.75, 3.05) is 6.54 Å². The van der Waals surface area contributed by atoms with E-state index in [2.05, 4.69) is 17.3 Å². The number of benzene rings is 1. The number of hydrogen-bond donors (Lipinski definition) is 1. The van der Waals surface area contributed by atoms with Gasteiger partial charge in [-0.2, -0.15) is 5.10 Å². The molecule has 0 unspecified atom stereocenters. The van der Waals surface area contributed by atoms with Gasteiger partial charge in [-0.1, -0.05) is 6.92 Å². The van der Waals surface area contributed by atoms with E-state index in [-0.39, 0.29) is 5.82 Å². The highest BCUT2D eigenvalue weighted by Crippen LogP contribution is 2.12. The Balaban J connectivity index is 2.13. The van der Waals surface area contributed by atoms with Gasteiger partial charge in [0.1, 0.15) is 5.82 Å². The average molecular weight is 247 g/mol. The largest absolute Gasteiger partial charge is 0.311 e. The molecule has 1 N–H and O–H groups in total. The monoisotopic (exact) mass is 247 g/mol. The molecule has 0 atom stereocenters. The average Bonchev–Trinajstić information content (AvgIpc) is 2.77. The number of aromatic nitrogens is 2. The molecule has 0 saturated carbocycles. The minimum Gasteiger partial charge on any atom is -0.311 e. The number of halogens is 1. The van der Waals surface area contributed by atoms with Crippen LogP contribution in [-0.2, 0) is 6.54 Å². The Morgan fingerprint density at radius 3 is 2.89 bits per heavy atom. The summed E-state index contributed by atoms with van der Waals surface area (Å²) in [6, 6.07) is 6.86. The van der Waals surface area contributed by atoms with E-state index < -0.39 is 0 Å². The summed E-state index contributed by atoms with van der Waals surface area (Å²) in [5.74, 6) is -0.230. The minimum atomic E-state index is -0.230. The summed E-state index contributed by atoms with van der Waals surface area (Å²) < 4.78 is 15.0. The number of nitrogens with zero attached hydrogens (tertiary/aromatic N) is 2. The third kappa shape index (κ3) is 3.17. The molecule has 2 rings (SSSR count). The lowest BCUT2D eigenvalue weighted by atomic mass is 10.2. The van der Waals surface area contributed by atoms with Gasteiger partial charge >= 0.3 is 0 Å². The first-order chi connectivity index (χ1) is 8.69. The molecule has 0 fully saturated rings. The summed E-state index contributed by atoms with van der Waals surface area (Å²) in [5.41, 5.74) is 2.62. The summed E-state index contributed by atoms with van der Waals surface area (Å²) in [6.45, 7) is 5.72. The van der Waals surface area contributed by atoms with E-state index in [0.29, 0.717) is 0 Å².